The second kappa shape index (κ2) is 7.53. The molecule has 0 radical (unpaired) electrons. The molecule has 1 atom stereocenters. The van der Waals surface area contributed by atoms with Gasteiger partial charge in [0.25, 0.3) is 0 Å². The lowest BCUT2D eigenvalue weighted by molar-refractivity contribution is -0.141. The molecule has 0 saturated heterocycles. The van der Waals surface area contributed by atoms with E-state index in [-0.39, 0.29) is 12.2 Å². The van der Waals surface area contributed by atoms with Gasteiger partial charge in [0, 0.05) is 23.3 Å². The summed E-state index contributed by atoms with van der Waals surface area (Å²) in [5, 5.41) is 11.8. The quantitative estimate of drug-likeness (QED) is 0.772. The van der Waals surface area contributed by atoms with E-state index in [1.165, 1.54) is 6.92 Å². The minimum atomic E-state index is -1.10. The highest BCUT2D eigenvalue weighted by Crippen LogP contribution is 2.20. The molecule has 7 heteroatoms. The maximum atomic E-state index is 12.7. The van der Waals surface area contributed by atoms with Crippen LogP contribution in [-0.4, -0.2) is 33.4 Å². The van der Waals surface area contributed by atoms with E-state index in [1.807, 2.05) is 0 Å². The van der Waals surface area contributed by atoms with Gasteiger partial charge in [-0.1, -0.05) is 11.6 Å². The molecule has 0 spiro atoms. The van der Waals surface area contributed by atoms with Gasteiger partial charge in [0.05, 0.1) is 12.1 Å². The van der Waals surface area contributed by atoms with Gasteiger partial charge in [-0.2, -0.15) is 0 Å². The number of rotatable bonds is 6. The second-order valence-corrected chi connectivity index (χ2v) is 6.30. The molecule has 1 aromatic carbocycles. The Hall–Kier alpha value is -2.60. The van der Waals surface area contributed by atoms with Crippen molar-refractivity contribution < 1.29 is 19.5 Å². The topological polar surface area (TPSA) is 88.4 Å². The molecular formula is C18H19ClN2O4. The number of benzene rings is 1. The lowest BCUT2D eigenvalue weighted by atomic mass is 10.1. The van der Waals surface area contributed by atoms with Crippen LogP contribution in [-0.2, 0) is 23.1 Å². The fourth-order valence-electron chi connectivity index (χ4n) is 2.58. The number of hydrogen-bond acceptors (Lipinski definition) is 3. The van der Waals surface area contributed by atoms with Crippen molar-refractivity contribution in [1.82, 2.24) is 9.88 Å². The maximum absolute atomic E-state index is 12.7. The summed E-state index contributed by atoms with van der Waals surface area (Å²) < 4.78 is 1.66. The second-order valence-electron chi connectivity index (χ2n) is 5.87. The number of aliphatic carboxylic acids is 1. The molecule has 2 N–H and O–H groups in total. The molecule has 6 nitrogen and oxygen atoms in total. The van der Waals surface area contributed by atoms with E-state index in [1.54, 1.807) is 48.9 Å². The van der Waals surface area contributed by atoms with Crippen molar-refractivity contribution in [2.45, 2.75) is 26.3 Å². The van der Waals surface area contributed by atoms with Gasteiger partial charge in [-0.25, -0.2) is 0 Å². The minimum absolute atomic E-state index is 0.0111. The molecule has 1 heterocycles. The van der Waals surface area contributed by atoms with E-state index in [9.17, 15) is 14.4 Å². The molecular weight excluding hydrogens is 344 g/mol. The molecule has 1 amide bonds. The Morgan fingerprint density at radius 1 is 1.24 bits per heavy atom. The molecule has 0 aliphatic rings. The number of nitrogens with zero attached hydrogens (tertiary/aromatic N) is 1. The summed E-state index contributed by atoms with van der Waals surface area (Å²) in [7, 11) is 1.71. The van der Waals surface area contributed by atoms with Crippen molar-refractivity contribution in [2.75, 3.05) is 0 Å². The lowest BCUT2D eigenvalue weighted by Gasteiger charge is -2.11. The van der Waals surface area contributed by atoms with Crippen LogP contribution in [0.2, 0.25) is 5.02 Å². The zero-order chi connectivity index (χ0) is 18.7. The summed E-state index contributed by atoms with van der Waals surface area (Å²) in [5.41, 5.74) is 2.36. The number of amides is 1. The standard InChI is InChI=1S/C18H19ClN2O4/c1-10-8-14(9-15(22)20-11(2)18(24)25)21(3)16(10)17(23)12-4-6-13(19)7-5-12/h4-8,11H,9H2,1-3H3,(H,20,22)(H,24,25)/t11-/m0/s1. The monoisotopic (exact) mass is 362 g/mol. The smallest absolute Gasteiger partial charge is 0.325 e. The van der Waals surface area contributed by atoms with Gasteiger partial charge < -0.3 is 15.0 Å². The van der Waals surface area contributed by atoms with Crippen LogP contribution in [0.3, 0.4) is 0 Å². The first-order valence-corrected chi connectivity index (χ1v) is 8.06. The summed E-state index contributed by atoms with van der Waals surface area (Å²) in [6, 6.07) is 7.39. The Kier molecular flexibility index (Phi) is 5.64. The number of carbonyl (C=O) groups excluding carboxylic acids is 2. The Morgan fingerprint density at radius 3 is 2.40 bits per heavy atom. The minimum Gasteiger partial charge on any atom is -0.480 e. The molecule has 0 unspecified atom stereocenters. The van der Waals surface area contributed by atoms with Gasteiger partial charge in [0.15, 0.2) is 0 Å². The van der Waals surface area contributed by atoms with Crippen molar-refractivity contribution in [1.29, 1.82) is 0 Å². The third-order valence-electron chi connectivity index (χ3n) is 3.93. The van der Waals surface area contributed by atoms with Crippen LogP contribution >= 0.6 is 11.6 Å². The molecule has 0 aliphatic carbocycles. The maximum Gasteiger partial charge on any atom is 0.325 e. The van der Waals surface area contributed by atoms with Crippen LogP contribution in [0.15, 0.2) is 30.3 Å². The number of carboxylic acid groups (broad SMARTS) is 1. The Bertz CT molecular complexity index is 824. The molecule has 1 aromatic heterocycles. The van der Waals surface area contributed by atoms with Crippen molar-refractivity contribution >= 4 is 29.3 Å². The van der Waals surface area contributed by atoms with Crippen molar-refractivity contribution in [3.8, 4) is 0 Å². The highest BCUT2D eigenvalue weighted by Gasteiger charge is 2.21. The van der Waals surface area contributed by atoms with Gasteiger partial charge >= 0.3 is 5.97 Å². The summed E-state index contributed by atoms with van der Waals surface area (Å²) in [4.78, 5) is 35.5. The zero-order valence-corrected chi connectivity index (χ0v) is 14.9. The number of aryl methyl sites for hydroxylation is 1. The number of aromatic nitrogens is 1. The van der Waals surface area contributed by atoms with Gasteiger partial charge in [-0.05, 0) is 49.7 Å². The van der Waals surface area contributed by atoms with Gasteiger partial charge in [0.2, 0.25) is 11.7 Å². The van der Waals surface area contributed by atoms with Gasteiger partial charge in [-0.15, -0.1) is 0 Å². The van der Waals surface area contributed by atoms with Gasteiger partial charge in [0.1, 0.15) is 6.04 Å². The molecule has 2 aromatic rings. The lowest BCUT2D eigenvalue weighted by Crippen LogP contribution is -2.39. The molecule has 0 aliphatic heterocycles. The number of carboxylic acids is 1. The normalized spacial score (nSPS) is 11.8. The molecule has 2 rings (SSSR count). The number of carbonyl (C=O) groups is 3. The van der Waals surface area contributed by atoms with Crippen molar-refractivity contribution in [2.24, 2.45) is 7.05 Å². The highest BCUT2D eigenvalue weighted by molar-refractivity contribution is 6.30. The van der Waals surface area contributed by atoms with E-state index >= 15 is 0 Å². The van der Waals surface area contributed by atoms with Gasteiger partial charge in [-0.3, -0.25) is 14.4 Å². The molecule has 132 valence electrons. The Balaban J connectivity index is 2.23. The van der Waals surface area contributed by atoms with Crippen LogP contribution < -0.4 is 5.32 Å². The number of ketones is 1. The number of halogens is 1. The van der Waals surface area contributed by atoms with E-state index in [4.69, 9.17) is 16.7 Å². The Morgan fingerprint density at radius 2 is 1.84 bits per heavy atom. The van der Waals surface area contributed by atoms with Crippen LogP contribution in [0.4, 0.5) is 0 Å². The SMILES string of the molecule is Cc1cc(CC(=O)N[C@@H](C)C(=O)O)n(C)c1C(=O)c1ccc(Cl)cc1. The average Bonchev–Trinajstić information content (AvgIpc) is 2.81. The third kappa shape index (κ3) is 4.28. The van der Waals surface area contributed by atoms with Crippen LogP contribution in [0.25, 0.3) is 0 Å². The third-order valence-corrected chi connectivity index (χ3v) is 4.19. The van der Waals surface area contributed by atoms with Crippen LogP contribution in [0, 0.1) is 6.92 Å². The van der Waals surface area contributed by atoms with E-state index in [0.29, 0.717) is 22.0 Å². The molecule has 0 saturated carbocycles. The molecule has 0 bridgehead atoms. The first-order valence-electron chi connectivity index (χ1n) is 7.68. The fourth-order valence-corrected chi connectivity index (χ4v) is 2.71. The number of nitrogens with one attached hydrogen (secondary N) is 1. The molecule has 0 fully saturated rings. The average molecular weight is 363 g/mol. The predicted octanol–water partition coefficient (Wildman–Crippen LogP) is 2.35. The van der Waals surface area contributed by atoms with Crippen LogP contribution in [0.1, 0.15) is 34.2 Å². The number of hydrogen-bond donors (Lipinski definition) is 2. The van der Waals surface area contributed by atoms with E-state index < -0.39 is 17.9 Å². The largest absolute Gasteiger partial charge is 0.480 e. The first kappa shape index (κ1) is 18.7. The zero-order valence-electron chi connectivity index (χ0n) is 14.2. The van der Waals surface area contributed by atoms with Crippen LogP contribution in [0.5, 0.6) is 0 Å². The van der Waals surface area contributed by atoms with Crippen molar-refractivity contribution in [3.63, 3.8) is 0 Å². The van der Waals surface area contributed by atoms with Crippen molar-refractivity contribution in [3.05, 3.63) is 57.9 Å². The summed E-state index contributed by atoms with van der Waals surface area (Å²) in [6.07, 6.45) is -0.0111. The Labute approximate surface area is 150 Å². The highest BCUT2D eigenvalue weighted by atomic mass is 35.5. The summed E-state index contributed by atoms with van der Waals surface area (Å²) >= 11 is 5.85. The van der Waals surface area contributed by atoms with E-state index in [0.717, 1.165) is 5.56 Å². The molecule has 25 heavy (non-hydrogen) atoms. The summed E-state index contributed by atoms with van der Waals surface area (Å²) in [5.74, 6) is -1.68. The summed E-state index contributed by atoms with van der Waals surface area (Å²) in [6.45, 7) is 3.19. The fraction of sp³-hybridized carbons (Fsp3) is 0.278. The first-order chi connectivity index (χ1) is 11.7. The van der Waals surface area contributed by atoms with E-state index in [2.05, 4.69) is 5.32 Å². The predicted molar refractivity (Wildman–Crippen MR) is 94.0 cm³/mol.